The fourth-order valence-electron chi connectivity index (χ4n) is 8.08. The van der Waals surface area contributed by atoms with Gasteiger partial charge >= 0.3 is 0 Å². The van der Waals surface area contributed by atoms with Crippen LogP contribution in [0.15, 0.2) is 158 Å². The summed E-state index contributed by atoms with van der Waals surface area (Å²) in [5, 5.41) is 10.4. The van der Waals surface area contributed by atoms with Crippen LogP contribution >= 0.6 is 0 Å². The molecule has 2 atom stereocenters. The predicted molar refractivity (Wildman–Crippen MR) is 187 cm³/mol. The van der Waals surface area contributed by atoms with Crippen LogP contribution in [0.2, 0.25) is 0 Å². The lowest BCUT2D eigenvalue weighted by Gasteiger charge is -2.29. The van der Waals surface area contributed by atoms with Crippen LogP contribution in [0.5, 0.6) is 0 Å². The molecule has 1 aliphatic carbocycles. The lowest BCUT2D eigenvalue weighted by Crippen LogP contribution is -2.28. The van der Waals surface area contributed by atoms with Gasteiger partial charge in [-0.15, -0.1) is 0 Å². The minimum Gasteiger partial charge on any atom is -0.333 e. The van der Waals surface area contributed by atoms with Crippen LogP contribution in [0.4, 0.5) is 11.4 Å². The van der Waals surface area contributed by atoms with E-state index in [9.17, 15) is 0 Å². The highest BCUT2D eigenvalue weighted by Crippen LogP contribution is 2.49. The van der Waals surface area contributed by atoms with E-state index >= 15 is 0 Å². The Morgan fingerprint density at radius 2 is 1.20 bits per heavy atom. The first kappa shape index (κ1) is 23.9. The minimum atomic E-state index is 0.266. The third kappa shape index (κ3) is 3.15. The third-order valence-corrected chi connectivity index (χ3v) is 9.85. The molecule has 0 radical (unpaired) electrons. The van der Waals surface area contributed by atoms with E-state index in [1.807, 2.05) is 0 Å². The summed E-state index contributed by atoms with van der Waals surface area (Å²) in [6, 6.07) is 49.6. The van der Waals surface area contributed by atoms with Crippen LogP contribution in [0, 0.1) is 0 Å². The first-order valence-corrected chi connectivity index (χ1v) is 15.5. The summed E-state index contributed by atoms with van der Waals surface area (Å²) in [6.45, 7) is 0. The Hall–Kier alpha value is -5.60. The summed E-state index contributed by atoms with van der Waals surface area (Å²) in [5.74, 6) is 0.358. The first-order chi connectivity index (χ1) is 21.9. The van der Waals surface area contributed by atoms with Crippen LogP contribution in [-0.4, -0.2) is 10.6 Å². The van der Waals surface area contributed by atoms with Gasteiger partial charge in [-0.3, -0.25) is 0 Å². The van der Waals surface area contributed by atoms with Gasteiger partial charge in [0.15, 0.2) is 0 Å². The van der Waals surface area contributed by atoms with E-state index in [-0.39, 0.29) is 6.04 Å². The number of allylic oxidation sites excluding steroid dienone is 2. The van der Waals surface area contributed by atoms with Crippen LogP contribution in [-0.2, 0) is 0 Å². The van der Waals surface area contributed by atoms with Crippen molar-refractivity contribution in [3.05, 3.63) is 163 Å². The Bertz CT molecular complexity index is 2530. The predicted octanol–water partition coefficient (Wildman–Crippen LogP) is 11.0. The van der Waals surface area contributed by atoms with Crippen molar-refractivity contribution in [3.63, 3.8) is 0 Å². The highest BCUT2D eigenvalue weighted by molar-refractivity contribution is 6.36. The summed E-state index contributed by atoms with van der Waals surface area (Å²) >= 11 is 0. The van der Waals surface area contributed by atoms with E-state index in [0.29, 0.717) is 5.92 Å². The molecule has 0 N–H and O–H groups in total. The van der Waals surface area contributed by atoms with E-state index in [1.54, 1.807) is 0 Å². The standard InChI is InChI=1S/C42H28N2/c1-2-15-30-27(12-1)24-25-34-31-16-3-4-19-35(31)42-41(40(30)34)36-20-7-10-23-39(36)44(42)29-14-11-13-28(26-29)43-37-21-8-5-17-32(37)33-18-6-9-22-38(33)43/h1-26,32,37H. The molecule has 1 aromatic heterocycles. The van der Waals surface area contributed by atoms with Gasteiger partial charge in [-0.2, -0.15) is 0 Å². The maximum Gasteiger partial charge on any atom is 0.0629 e. The van der Waals surface area contributed by atoms with Crippen molar-refractivity contribution in [2.45, 2.75) is 12.0 Å². The number of fused-ring (bicyclic) bond motifs is 13. The number of rotatable bonds is 2. The van der Waals surface area contributed by atoms with Gasteiger partial charge in [0.1, 0.15) is 0 Å². The molecule has 0 saturated carbocycles. The fourth-order valence-corrected chi connectivity index (χ4v) is 8.08. The van der Waals surface area contributed by atoms with Crippen LogP contribution < -0.4 is 4.90 Å². The monoisotopic (exact) mass is 560 g/mol. The molecule has 0 fully saturated rings. The van der Waals surface area contributed by atoms with E-state index < -0.39 is 0 Å². The lowest BCUT2D eigenvalue weighted by atomic mass is 9.91. The molecule has 0 saturated heterocycles. The van der Waals surface area contributed by atoms with Crippen molar-refractivity contribution in [1.82, 2.24) is 4.57 Å². The number of hydrogen-bond acceptors (Lipinski definition) is 1. The van der Waals surface area contributed by atoms with Gasteiger partial charge in [-0.25, -0.2) is 0 Å². The molecule has 0 amide bonds. The van der Waals surface area contributed by atoms with Crippen molar-refractivity contribution < 1.29 is 0 Å². The molecule has 10 rings (SSSR count). The van der Waals surface area contributed by atoms with Crippen molar-refractivity contribution in [1.29, 1.82) is 0 Å². The molecule has 2 heterocycles. The Labute approximate surface area is 255 Å². The van der Waals surface area contributed by atoms with Gasteiger partial charge in [0, 0.05) is 44.5 Å². The topological polar surface area (TPSA) is 8.17 Å². The Kier molecular flexibility index (Phi) is 4.86. The zero-order valence-corrected chi connectivity index (χ0v) is 24.1. The second-order valence-electron chi connectivity index (χ2n) is 12.1. The maximum absolute atomic E-state index is 2.53. The number of benzene rings is 7. The zero-order chi connectivity index (χ0) is 28.8. The molecular formula is C42H28N2. The second-order valence-corrected chi connectivity index (χ2v) is 12.1. The number of aromatic nitrogens is 1. The van der Waals surface area contributed by atoms with Crippen molar-refractivity contribution in [2.24, 2.45) is 0 Å². The van der Waals surface area contributed by atoms with Gasteiger partial charge in [0.2, 0.25) is 0 Å². The maximum atomic E-state index is 2.53. The highest BCUT2D eigenvalue weighted by Gasteiger charge is 2.37. The molecule has 2 nitrogen and oxygen atoms in total. The van der Waals surface area contributed by atoms with Crippen molar-refractivity contribution >= 4 is 65.5 Å². The first-order valence-electron chi connectivity index (χ1n) is 15.5. The SMILES string of the molecule is C1=CC2c3ccccc3N(c3cccc(-n4c5ccccc5c5c6c7ccccc7ccc6c6ccccc6c54)c3)C2C=C1. The van der Waals surface area contributed by atoms with Crippen LogP contribution in [0.3, 0.4) is 0 Å². The largest absolute Gasteiger partial charge is 0.333 e. The van der Waals surface area contributed by atoms with E-state index in [1.165, 1.54) is 76.7 Å². The highest BCUT2D eigenvalue weighted by atomic mass is 15.2. The Morgan fingerprint density at radius 3 is 2.14 bits per heavy atom. The lowest BCUT2D eigenvalue weighted by molar-refractivity contribution is 0.744. The third-order valence-electron chi connectivity index (χ3n) is 9.85. The van der Waals surface area contributed by atoms with Gasteiger partial charge in [-0.05, 0) is 57.4 Å². The average Bonchev–Trinajstić information content (AvgIpc) is 3.62. The molecule has 2 aliphatic rings. The zero-order valence-electron chi connectivity index (χ0n) is 24.1. The average molecular weight is 561 g/mol. The quantitative estimate of drug-likeness (QED) is 0.191. The molecule has 7 aromatic carbocycles. The van der Waals surface area contributed by atoms with Crippen molar-refractivity contribution in [2.75, 3.05) is 4.90 Å². The number of anilines is 2. The molecular weight excluding hydrogens is 532 g/mol. The molecule has 2 unspecified atom stereocenters. The number of hydrogen-bond donors (Lipinski definition) is 0. The molecule has 0 bridgehead atoms. The number of nitrogens with zero attached hydrogens (tertiary/aromatic N) is 2. The van der Waals surface area contributed by atoms with Gasteiger partial charge in [0.25, 0.3) is 0 Å². The molecule has 44 heavy (non-hydrogen) atoms. The van der Waals surface area contributed by atoms with E-state index in [2.05, 4.69) is 167 Å². The summed E-state index contributed by atoms with van der Waals surface area (Å²) < 4.78 is 2.51. The number of para-hydroxylation sites is 2. The normalized spacial score (nSPS) is 17.3. The van der Waals surface area contributed by atoms with Crippen molar-refractivity contribution in [3.8, 4) is 5.69 Å². The Morgan fingerprint density at radius 1 is 0.477 bits per heavy atom. The molecule has 8 aromatic rings. The smallest absolute Gasteiger partial charge is 0.0629 e. The molecule has 2 heteroatoms. The summed E-state index contributed by atoms with van der Waals surface area (Å²) in [7, 11) is 0. The molecule has 0 spiro atoms. The van der Waals surface area contributed by atoms with E-state index in [0.717, 1.165) is 0 Å². The molecule has 1 aliphatic heterocycles. The van der Waals surface area contributed by atoms with Gasteiger partial charge in [0.05, 0.1) is 17.1 Å². The fraction of sp³-hybridized carbons (Fsp3) is 0.0476. The van der Waals surface area contributed by atoms with Gasteiger partial charge < -0.3 is 9.47 Å². The van der Waals surface area contributed by atoms with Crippen LogP contribution in [0.1, 0.15) is 11.5 Å². The Balaban J connectivity index is 1.32. The van der Waals surface area contributed by atoms with E-state index in [4.69, 9.17) is 0 Å². The van der Waals surface area contributed by atoms with Gasteiger partial charge in [-0.1, -0.05) is 127 Å². The summed E-state index contributed by atoms with van der Waals surface area (Å²) in [6.07, 6.45) is 9.08. The minimum absolute atomic E-state index is 0.266. The summed E-state index contributed by atoms with van der Waals surface area (Å²) in [5.41, 5.74) is 7.57. The summed E-state index contributed by atoms with van der Waals surface area (Å²) in [4.78, 5) is 2.53. The second kappa shape index (κ2) is 8.95. The molecule has 206 valence electrons. The van der Waals surface area contributed by atoms with Crippen LogP contribution in [0.25, 0.3) is 59.8 Å².